The summed E-state index contributed by atoms with van der Waals surface area (Å²) in [6, 6.07) is 9.90. The number of anilines is 1. The van der Waals surface area contributed by atoms with Crippen LogP contribution in [0.4, 0.5) is 5.69 Å². The number of hydrogen-bond donors (Lipinski definition) is 1. The molecule has 0 aromatic heterocycles. The summed E-state index contributed by atoms with van der Waals surface area (Å²) in [4.78, 5) is 25.3. The van der Waals surface area contributed by atoms with E-state index in [4.69, 9.17) is 9.47 Å². The Kier molecular flexibility index (Phi) is 8.46. The van der Waals surface area contributed by atoms with Gasteiger partial charge in [0.2, 0.25) is 15.9 Å². The molecule has 2 aromatic carbocycles. The van der Waals surface area contributed by atoms with Gasteiger partial charge >= 0.3 is 0 Å². The number of ether oxygens (including phenoxy) is 2. The first-order valence-corrected chi connectivity index (χ1v) is 12.8. The number of rotatable bonds is 9. The number of hydrogen-bond acceptors (Lipinski definition) is 6. The quantitative estimate of drug-likeness (QED) is 0.540. The Balaban J connectivity index is 1.75. The average molecular weight is 489 g/mol. The minimum absolute atomic E-state index is 0.0344. The van der Waals surface area contributed by atoms with E-state index in [9.17, 15) is 18.0 Å². The van der Waals surface area contributed by atoms with E-state index >= 15 is 0 Å². The van der Waals surface area contributed by atoms with E-state index in [1.54, 1.807) is 12.1 Å². The number of sulfonamides is 1. The topological polar surface area (TPSA) is 102 Å². The number of nitrogens with zero attached hydrogens (tertiary/aromatic N) is 1. The summed E-state index contributed by atoms with van der Waals surface area (Å²) < 4.78 is 38.5. The fraction of sp³-hybridized carbons (Fsp3) is 0.440. The number of amides is 1. The highest BCUT2D eigenvalue weighted by Gasteiger charge is 2.27. The Morgan fingerprint density at radius 2 is 1.74 bits per heavy atom. The standard InChI is InChI=1S/C25H32N2O6S/c1-17(2)33-24-9-7-21(34(30,31)27-11-13-32-14-12-27)16-22(24)26-25(29)10-8-23(28)20-6-5-18(3)19(4)15-20/h5-7,9,15-17H,8,10-14H2,1-4H3,(H,26,29). The summed E-state index contributed by atoms with van der Waals surface area (Å²) in [6.45, 7) is 8.81. The van der Waals surface area contributed by atoms with Crippen molar-refractivity contribution >= 4 is 27.4 Å². The lowest BCUT2D eigenvalue weighted by Crippen LogP contribution is -2.40. The van der Waals surface area contributed by atoms with Crippen LogP contribution in [0, 0.1) is 13.8 Å². The Bertz CT molecular complexity index is 1150. The summed E-state index contributed by atoms with van der Waals surface area (Å²) in [7, 11) is -3.74. The summed E-state index contributed by atoms with van der Waals surface area (Å²) in [5.74, 6) is -0.156. The zero-order valence-corrected chi connectivity index (χ0v) is 20.9. The van der Waals surface area contributed by atoms with Crippen molar-refractivity contribution in [2.24, 2.45) is 0 Å². The van der Waals surface area contributed by atoms with E-state index in [1.807, 2.05) is 39.8 Å². The molecular formula is C25H32N2O6S. The number of carbonyl (C=O) groups excluding carboxylic acids is 2. The molecule has 1 N–H and O–H groups in total. The second-order valence-corrected chi connectivity index (χ2v) is 10.5. The summed E-state index contributed by atoms with van der Waals surface area (Å²) in [5.41, 5.74) is 2.94. The number of morpholine rings is 1. The predicted molar refractivity (Wildman–Crippen MR) is 130 cm³/mol. The molecule has 0 saturated carbocycles. The number of aryl methyl sites for hydroxylation is 2. The van der Waals surface area contributed by atoms with Crippen LogP contribution in [0.5, 0.6) is 5.75 Å². The molecule has 8 nitrogen and oxygen atoms in total. The third-order valence-corrected chi connectivity index (χ3v) is 7.50. The third-order valence-electron chi connectivity index (χ3n) is 5.60. The van der Waals surface area contributed by atoms with Gasteiger partial charge in [-0.15, -0.1) is 0 Å². The molecule has 1 heterocycles. The van der Waals surface area contributed by atoms with E-state index < -0.39 is 15.9 Å². The number of ketones is 1. The van der Waals surface area contributed by atoms with Crippen molar-refractivity contribution in [3.05, 3.63) is 53.1 Å². The maximum atomic E-state index is 13.1. The highest BCUT2D eigenvalue weighted by molar-refractivity contribution is 7.89. The van der Waals surface area contributed by atoms with Crippen molar-refractivity contribution in [3.63, 3.8) is 0 Å². The maximum absolute atomic E-state index is 13.1. The van der Waals surface area contributed by atoms with Crippen LogP contribution in [0.2, 0.25) is 0 Å². The van der Waals surface area contributed by atoms with Crippen LogP contribution in [-0.4, -0.2) is 56.8 Å². The van der Waals surface area contributed by atoms with Crippen LogP contribution in [0.15, 0.2) is 41.3 Å². The van der Waals surface area contributed by atoms with Gasteiger partial charge in [0.25, 0.3) is 0 Å². The van der Waals surface area contributed by atoms with Crippen molar-refractivity contribution in [1.29, 1.82) is 0 Å². The number of benzene rings is 2. The molecule has 1 saturated heterocycles. The molecule has 3 rings (SSSR count). The van der Waals surface area contributed by atoms with Crippen LogP contribution >= 0.6 is 0 Å². The molecule has 2 aromatic rings. The first kappa shape index (κ1) is 25.9. The second kappa shape index (κ2) is 11.1. The molecule has 0 radical (unpaired) electrons. The summed E-state index contributed by atoms with van der Waals surface area (Å²) >= 11 is 0. The van der Waals surface area contributed by atoms with Crippen LogP contribution in [0.1, 0.15) is 48.2 Å². The van der Waals surface area contributed by atoms with Crippen molar-refractivity contribution < 1.29 is 27.5 Å². The lowest BCUT2D eigenvalue weighted by molar-refractivity contribution is -0.116. The molecule has 0 spiro atoms. The second-order valence-electron chi connectivity index (χ2n) is 8.61. The van der Waals surface area contributed by atoms with Crippen molar-refractivity contribution in [2.45, 2.75) is 51.5 Å². The van der Waals surface area contributed by atoms with Crippen LogP contribution < -0.4 is 10.1 Å². The minimum Gasteiger partial charge on any atom is -0.489 e. The van der Waals surface area contributed by atoms with Gasteiger partial charge in [0, 0.05) is 31.5 Å². The lowest BCUT2D eigenvalue weighted by atomic mass is 10.0. The molecule has 34 heavy (non-hydrogen) atoms. The predicted octanol–water partition coefficient (Wildman–Crippen LogP) is 3.71. The van der Waals surface area contributed by atoms with Gasteiger partial charge in [-0.05, 0) is 63.1 Å². The molecule has 1 aliphatic heterocycles. The van der Waals surface area contributed by atoms with E-state index in [1.165, 1.54) is 16.4 Å². The van der Waals surface area contributed by atoms with E-state index in [0.717, 1.165) is 11.1 Å². The first-order chi connectivity index (χ1) is 16.1. The van der Waals surface area contributed by atoms with Gasteiger partial charge in [-0.3, -0.25) is 9.59 Å². The van der Waals surface area contributed by atoms with Crippen LogP contribution in [-0.2, 0) is 19.6 Å². The van der Waals surface area contributed by atoms with Gasteiger partial charge in [-0.2, -0.15) is 4.31 Å². The normalized spacial score (nSPS) is 14.7. The van der Waals surface area contributed by atoms with Gasteiger partial charge in [0.05, 0.1) is 29.9 Å². The molecule has 184 valence electrons. The van der Waals surface area contributed by atoms with Crippen molar-refractivity contribution in [3.8, 4) is 5.75 Å². The Morgan fingerprint density at radius 3 is 2.38 bits per heavy atom. The molecule has 0 atom stereocenters. The van der Waals surface area contributed by atoms with Crippen molar-refractivity contribution in [2.75, 3.05) is 31.6 Å². The fourth-order valence-corrected chi connectivity index (χ4v) is 4.99. The molecule has 0 unspecified atom stereocenters. The Hall–Kier alpha value is -2.75. The molecule has 1 aliphatic rings. The first-order valence-electron chi connectivity index (χ1n) is 11.4. The zero-order chi connectivity index (χ0) is 24.9. The van der Waals surface area contributed by atoms with Gasteiger partial charge in [0.15, 0.2) is 5.78 Å². The van der Waals surface area contributed by atoms with Gasteiger partial charge in [-0.25, -0.2) is 8.42 Å². The van der Waals surface area contributed by atoms with Crippen molar-refractivity contribution in [1.82, 2.24) is 4.31 Å². The van der Waals surface area contributed by atoms with E-state index in [2.05, 4.69) is 5.32 Å². The molecule has 1 fully saturated rings. The maximum Gasteiger partial charge on any atom is 0.243 e. The van der Waals surface area contributed by atoms with Crippen LogP contribution in [0.25, 0.3) is 0 Å². The fourth-order valence-electron chi connectivity index (χ4n) is 3.56. The largest absolute Gasteiger partial charge is 0.489 e. The Morgan fingerprint density at radius 1 is 1.03 bits per heavy atom. The summed E-state index contributed by atoms with van der Waals surface area (Å²) in [6.07, 6.45) is -0.169. The van der Waals surface area contributed by atoms with Gasteiger partial charge in [0.1, 0.15) is 5.75 Å². The molecule has 9 heteroatoms. The zero-order valence-electron chi connectivity index (χ0n) is 20.1. The van der Waals surface area contributed by atoms with Gasteiger partial charge in [-0.1, -0.05) is 12.1 Å². The SMILES string of the molecule is Cc1ccc(C(=O)CCC(=O)Nc2cc(S(=O)(=O)N3CCOCC3)ccc2OC(C)C)cc1C. The average Bonchev–Trinajstić information content (AvgIpc) is 2.80. The van der Waals surface area contributed by atoms with Gasteiger partial charge < -0.3 is 14.8 Å². The Labute approximate surface area is 201 Å². The van der Waals surface area contributed by atoms with Crippen LogP contribution in [0.3, 0.4) is 0 Å². The highest BCUT2D eigenvalue weighted by Crippen LogP contribution is 2.30. The number of nitrogens with one attached hydrogen (secondary N) is 1. The van der Waals surface area contributed by atoms with E-state index in [0.29, 0.717) is 24.5 Å². The molecule has 0 bridgehead atoms. The number of carbonyl (C=O) groups is 2. The highest BCUT2D eigenvalue weighted by atomic mass is 32.2. The molecule has 0 aliphatic carbocycles. The number of Topliss-reactive ketones (excluding diaryl/α,β-unsaturated/α-hetero) is 1. The van der Waals surface area contributed by atoms with E-state index in [-0.39, 0.29) is 48.4 Å². The summed E-state index contributed by atoms with van der Waals surface area (Å²) in [5, 5.41) is 2.73. The molecular weight excluding hydrogens is 456 g/mol. The lowest BCUT2D eigenvalue weighted by Gasteiger charge is -2.26. The minimum atomic E-state index is -3.74. The monoisotopic (exact) mass is 488 g/mol. The third kappa shape index (κ3) is 6.43. The smallest absolute Gasteiger partial charge is 0.243 e. The molecule has 1 amide bonds.